The van der Waals surface area contributed by atoms with Gasteiger partial charge in [0, 0.05) is 16.3 Å². The number of nitrogens with one attached hydrogen (secondary N) is 1. The zero-order valence-electron chi connectivity index (χ0n) is 14.6. The van der Waals surface area contributed by atoms with Crippen molar-refractivity contribution in [3.8, 4) is 0 Å². The molecule has 0 saturated carbocycles. The second-order valence-corrected chi connectivity index (χ2v) is 8.80. The van der Waals surface area contributed by atoms with Gasteiger partial charge in [0.25, 0.3) is 0 Å². The summed E-state index contributed by atoms with van der Waals surface area (Å²) in [6.45, 7) is 6.51. The molecule has 2 aromatic rings. The molecule has 3 rings (SSSR count). The fourth-order valence-electron chi connectivity index (χ4n) is 3.31. The Bertz CT molecular complexity index is 728. The van der Waals surface area contributed by atoms with E-state index in [1.165, 1.54) is 34.0 Å². The summed E-state index contributed by atoms with van der Waals surface area (Å²) in [7, 11) is 0. The predicted molar refractivity (Wildman–Crippen MR) is 102 cm³/mol. The number of hydrogen-bond donors (Lipinski definition) is 1. The normalized spacial score (nSPS) is 18.4. The standard InChI is InChI=1S/C18H25N3OS2/c1-4-5-12(3)21-15(22)9-23-17-16-13-7-6-11(2)8-14(13)24-18(16)20-10-19-17/h10-12H,4-9H2,1-3H3,(H,21,22)/t11-,12-/m1/s1. The highest BCUT2D eigenvalue weighted by atomic mass is 32.2. The highest BCUT2D eigenvalue weighted by Gasteiger charge is 2.23. The van der Waals surface area contributed by atoms with Gasteiger partial charge in [-0.25, -0.2) is 9.97 Å². The molecule has 0 aliphatic heterocycles. The van der Waals surface area contributed by atoms with Gasteiger partial charge in [-0.1, -0.05) is 32.0 Å². The molecule has 24 heavy (non-hydrogen) atoms. The van der Waals surface area contributed by atoms with E-state index in [0.717, 1.165) is 41.5 Å². The number of fused-ring (bicyclic) bond motifs is 3. The average Bonchev–Trinajstić information content (AvgIpc) is 2.90. The van der Waals surface area contributed by atoms with Crippen molar-refractivity contribution in [3.05, 3.63) is 16.8 Å². The first-order valence-corrected chi connectivity index (χ1v) is 10.6. The van der Waals surface area contributed by atoms with Gasteiger partial charge in [-0.05, 0) is 44.1 Å². The molecule has 2 heterocycles. The third kappa shape index (κ3) is 3.91. The van der Waals surface area contributed by atoms with Crippen LogP contribution in [-0.2, 0) is 17.6 Å². The molecule has 0 saturated heterocycles. The Kier molecular flexibility index (Phi) is 5.76. The molecule has 1 amide bonds. The number of thioether (sulfide) groups is 1. The predicted octanol–water partition coefficient (Wildman–Crippen LogP) is 4.21. The Hall–Kier alpha value is -1.14. The minimum absolute atomic E-state index is 0.0884. The van der Waals surface area contributed by atoms with Crippen LogP contribution >= 0.6 is 23.1 Å². The molecule has 0 fully saturated rings. The summed E-state index contributed by atoms with van der Waals surface area (Å²) in [5.74, 6) is 1.26. The van der Waals surface area contributed by atoms with Gasteiger partial charge < -0.3 is 5.32 Å². The van der Waals surface area contributed by atoms with Crippen LogP contribution in [-0.4, -0.2) is 27.7 Å². The van der Waals surface area contributed by atoms with Crippen molar-refractivity contribution >= 4 is 39.2 Å². The SMILES string of the molecule is CCC[C@@H](C)NC(=O)CSc1ncnc2sc3c(c12)CC[C@@H](C)C3. The van der Waals surface area contributed by atoms with E-state index in [4.69, 9.17) is 0 Å². The lowest BCUT2D eigenvalue weighted by atomic mass is 9.89. The number of aromatic nitrogens is 2. The van der Waals surface area contributed by atoms with Gasteiger partial charge in [-0.3, -0.25) is 4.79 Å². The Morgan fingerprint density at radius 2 is 2.33 bits per heavy atom. The highest BCUT2D eigenvalue weighted by molar-refractivity contribution is 8.00. The van der Waals surface area contributed by atoms with E-state index in [2.05, 4.69) is 36.1 Å². The van der Waals surface area contributed by atoms with Crippen molar-refractivity contribution in [2.24, 2.45) is 5.92 Å². The number of hydrogen-bond acceptors (Lipinski definition) is 5. The van der Waals surface area contributed by atoms with E-state index in [1.54, 1.807) is 17.7 Å². The van der Waals surface area contributed by atoms with Gasteiger partial charge in [0.15, 0.2) is 0 Å². The second-order valence-electron chi connectivity index (χ2n) is 6.76. The molecule has 0 aromatic carbocycles. The van der Waals surface area contributed by atoms with Crippen molar-refractivity contribution in [3.63, 3.8) is 0 Å². The molecule has 1 N–H and O–H groups in total. The summed E-state index contributed by atoms with van der Waals surface area (Å²) in [6, 6.07) is 0.240. The molecular formula is C18H25N3OS2. The van der Waals surface area contributed by atoms with E-state index in [9.17, 15) is 4.79 Å². The van der Waals surface area contributed by atoms with Crippen LogP contribution < -0.4 is 5.32 Å². The molecule has 4 nitrogen and oxygen atoms in total. The Morgan fingerprint density at radius 3 is 3.12 bits per heavy atom. The average molecular weight is 364 g/mol. The summed E-state index contributed by atoms with van der Waals surface area (Å²) < 4.78 is 0. The van der Waals surface area contributed by atoms with Crippen LogP contribution in [0.15, 0.2) is 11.4 Å². The van der Waals surface area contributed by atoms with Crippen LogP contribution in [0.2, 0.25) is 0 Å². The highest BCUT2D eigenvalue weighted by Crippen LogP contribution is 2.40. The van der Waals surface area contributed by atoms with Gasteiger partial charge in [0.2, 0.25) is 5.91 Å². The topological polar surface area (TPSA) is 54.9 Å². The lowest BCUT2D eigenvalue weighted by Gasteiger charge is -2.18. The minimum atomic E-state index is 0.0884. The van der Waals surface area contributed by atoms with E-state index >= 15 is 0 Å². The number of carbonyl (C=O) groups excluding carboxylic acids is 1. The Morgan fingerprint density at radius 1 is 1.50 bits per heavy atom. The van der Waals surface area contributed by atoms with Crippen molar-refractivity contribution in [1.29, 1.82) is 0 Å². The van der Waals surface area contributed by atoms with Crippen LogP contribution in [0, 0.1) is 5.92 Å². The molecule has 0 unspecified atom stereocenters. The third-order valence-corrected chi connectivity index (χ3v) is 6.68. The molecular weight excluding hydrogens is 338 g/mol. The van der Waals surface area contributed by atoms with Gasteiger partial charge in [0.05, 0.1) is 5.75 Å². The molecule has 1 aliphatic carbocycles. The molecule has 2 atom stereocenters. The first-order chi connectivity index (χ1) is 11.6. The lowest BCUT2D eigenvalue weighted by Crippen LogP contribution is -2.33. The molecule has 2 aromatic heterocycles. The third-order valence-electron chi connectivity index (χ3n) is 4.53. The van der Waals surface area contributed by atoms with Crippen LogP contribution in [0.5, 0.6) is 0 Å². The fourth-order valence-corrected chi connectivity index (χ4v) is 5.56. The number of thiophene rings is 1. The van der Waals surface area contributed by atoms with Gasteiger partial charge in [0.1, 0.15) is 16.2 Å². The van der Waals surface area contributed by atoms with Crippen LogP contribution in [0.25, 0.3) is 10.2 Å². The number of aryl methyl sites for hydroxylation is 1. The van der Waals surface area contributed by atoms with Crippen molar-refractivity contribution in [1.82, 2.24) is 15.3 Å². The number of carbonyl (C=O) groups is 1. The van der Waals surface area contributed by atoms with Crippen molar-refractivity contribution in [2.45, 2.75) is 63.9 Å². The largest absolute Gasteiger partial charge is 0.353 e. The Balaban J connectivity index is 1.74. The van der Waals surface area contributed by atoms with Gasteiger partial charge in [-0.15, -0.1) is 11.3 Å². The van der Waals surface area contributed by atoms with Gasteiger partial charge >= 0.3 is 0 Å². The number of amides is 1. The summed E-state index contributed by atoms with van der Waals surface area (Å²) in [5.41, 5.74) is 1.43. The Labute approximate surface area is 151 Å². The van der Waals surface area contributed by atoms with E-state index in [1.807, 2.05) is 0 Å². The summed E-state index contributed by atoms with van der Waals surface area (Å²) >= 11 is 3.34. The zero-order valence-corrected chi connectivity index (χ0v) is 16.2. The summed E-state index contributed by atoms with van der Waals surface area (Å²) in [4.78, 5) is 23.6. The first-order valence-electron chi connectivity index (χ1n) is 8.75. The van der Waals surface area contributed by atoms with Crippen LogP contribution in [0.3, 0.4) is 0 Å². The molecule has 1 aliphatic rings. The van der Waals surface area contributed by atoms with E-state index in [0.29, 0.717) is 5.75 Å². The maximum Gasteiger partial charge on any atom is 0.230 e. The molecule has 0 spiro atoms. The minimum Gasteiger partial charge on any atom is -0.353 e. The smallest absolute Gasteiger partial charge is 0.230 e. The molecule has 6 heteroatoms. The summed E-state index contributed by atoms with van der Waals surface area (Å²) in [5, 5.41) is 5.22. The van der Waals surface area contributed by atoms with Crippen molar-refractivity contribution < 1.29 is 4.79 Å². The van der Waals surface area contributed by atoms with Crippen LogP contribution in [0.1, 0.15) is 50.5 Å². The summed E-state index contributed by atoms with van der Waals surface area (Å²) in [6.07, 6.45) is 7.22. The molecule has 130 valence electrons. The van der Waals surface area contributed by atoms with Gasteiger partial charge in [-0.2, -0.15) is 0 Å². The molecule has 0 bridgehead atoms. The molecule has 0 radical (unpaired) electrons. The maximum atomic E-state index is 12.1. The second kappa shape index (κ2) is 7.83. The monoisotopic (exact) mass is 363 g/mol. The lowest BCUT2D eigenvalue weighted by molar-refractivity contribution is -0.119. The maximum absolute atomic E-state index is 12.1. The zero-order chi connectivity index (χ0) is 17.1. The fraction of sp³-hybridized carbons (Fsp3) is 0.611. The first kappa shape index (κ1) is 17.7. The van der Waals surface area contributed by atoms with E-state index < -0.39 is 0 Å². The van der Waals surface area contributed by atoms with E-state index in [-0.39, 0.29) is 11.9 Å². The van der Waals surface area contributed by atoms with Crippen molar-refractivity contribution in [2.75, 3.05) is 5.75 Å². The number of nitrogens with zero attached hydrogens (tertiary/aromatic N) is 2. The van der Waals surface area contributed by atoms with Crippen LogP contribution in [0.4, 0.5) is 0 Å². The number of rotatable bonds is 6. The quantitative estimate of drug-likeness (QED) is 0.617.